The molecule has 1 aliphatic rings. The number of hydrogen-bond donors (Lipinski definition) is 1. The first-order valence-electron chi connectivity index (χ1n) is 6.22. The van der Waals surface area contributed by atoms with E-state index in [-0.39, 0.29) is 11.9 Å². The number of aliphatic hydroxyl groups is 1. The van der Waals surface area contributed by atoms with Crippen LogP contribution in [-0.4, -0.2) is 35.6 Å². The lowest BCUT2D eigenvalue weighted by Crippen LogP contribution is -2.32. The molecule has 0 aliphatic carbocycles. The number of methoxy groups -OCH3 is 1. The van der Waals surface area contributed by atoms with Crippen molar-refractivity contribution in [2.75, 3.05) is 7.11 Å². The van der Waals surface area contributed by atoms with Crippen molar-refractivity contribution in [1.29, 1.82) is 0 Å². The lowest BCUT2D eigenvalue weighted by molar-refractivity contribution is -0.143. The molecular formula is C14H18O4S. The highest BCUT2D eigenvalue weighted by molar-refractivity contribution is 8.00. The second-order valence-corrected chi connectivity index (χ2v) is 6.07. The van der Waals surface area contributed by atoms with Crippen molar-refractivity contribution < 1.29 is 19.4 Å². The van der Waals surface area contributed by atoms with E-state index in [4.69, 9.17) is 9.47 Å². The highest BCUT2D eigenvalue weighted by atomic mass is 32.2. The predicted molar refractivity (Wildman–Crippen MR) is 73.4 cm³/mol. The van der Waals surface area contributed by atoms with Crippen LogP contribution in [0.15, 0.2) is 29.2 Å². The van der Waals surface area contributed by atoms with Crippen LogP contribution in [0, 0.1) is 5.92 Å². The summed E-state index contributed by atoms with van der Waals surface area (Å²) < 4.78 is 10.3. The maximum Gasteiger partial charge on any atom is 0.322 e. The summed E-state index contributed by atoms with van der Waals surface area (Å²) in [4.78, 5) is 12.7. The maximum absolute atomic E-state index is 11.8. The molecule has 0 unspecified atom stereocenters. The number of carbonyl (C=O) groups excluding carboxylic acids is 1. The van der Waals surface area contributed by atoms with Gasteiger partial charge in [-0.3, -0.25) is 4.79 Å². The Balaban J connectivity index is 2.07. The van der Waals surface area contributed by atoms with Crippen molar-refractivity contribution >= 4 is 17.7 Å². The van der Waals surface area contributed by atoms with E-state index in [1.54, 1.807) is 7.11 Å². The summed E-state index contributed by atoms with van der Waals surface area (Å²) in [5.74, 6) is 0.534. The number of cyclic esters (lactones) is 1. The highest BCUT2D eigenvalue weighted by Crippen LogP contribution is 2.35. The normalized spacial score (nSPS) is 26.6. The predicted octanol–water partition coefficient (Wildman–Crippen LogP) is 2.10. The fourth-order valence-electron chi connectivity index (χ4n) is 2.03. The molecule has 19 heavy (non-hydrogen) atoms. The molecule has 1 aromatic carbocycles. The van der Waals surface area contributed by atoms with Crippen LogP contribution in [0.1, 0.15) is 13.8 Å². The van der Waals surface area contributed by atoms with Crippen LogP contribution < -0.4 is 4.74 Å². The van der Waals surface area contributed by atoms with Gasteiger partial charge < -0.3 is 14.6 Å². The minimum Gasteiger partial charge on any atom is -0.497 e. The summed E-state index contributed by atoms with van der Waals surface area (Å²) in [6.45, 7) is 3.86. The molecule has 104 valence electrons. The average Bonchev–Trinajstić information content (AvgIpc) is 2.68. The molecule has 1 N–H and O–H groups in total. The summed E-state index contributed by atoms with van der Waals surface area (Å²) in [6, 6.07) is 7.39. The monoisotopic (exact) mass is 282 g/mol. The first kappa shape index (κ1) is 14.2. The molecule has 0 spiro atoms. The Morgan fingerprint density at radius 2 is 1.95 bits per heavy atom. The Kier molecular flexibility index (Phi) is 4.37. The van der Waals surface area contributed by atoms with Gasteiger partial charge in [-0.05, 0) is 30.2 Å². The van der Waals surface area contributed by atoms with Gasteiger partial charge in [0.15, 0.2) is 0 Å². The molecule has 1 aliphatic heterocycles. The zero-order valence-corrected chi connectivity index (χ0v) is 12.0. The highest BCUT2D eigenvalue weighted by Gasteiger charge is 2.45. The Bertz CT molecular complexity index is 443. The second-order valence-electron chi connectivity index (χ2n) is 4.85. The third-order valence-corrected chi connectivity index (χ3v) is 4.38. The number of rotatable bonds is 4. The molecule has 1 aromatic rings. The first-order chi connectivity index (χ1) is 9.02. The third-order valence-electron chi connectivity index (χ3n) is 3.11. The topological polar surface area (TPSA) is 55.8 Å². The van der Waals surface area contributed by atoms with Gasteiger partial charge in [0.05, 0.1) is 7.11 Å². The summed E-state index contributed by atoms with van der Waals surface area (Å²) in [6.07, 6.45) is -1.18. The standard InChI is InChI=1S/C14H18O4S/c1-8(2)12-11(15)13(14(16)18-12)19-10-6-4-9(17-3)5-7-10/h4-8,11-13,15H,1-3H3/t11-,12+,13-/m1/s1. The van der Waals surface area contributed by atoms with Gasteiger partial charge in [-0.15, -0.1) is 11.8 Å². The van der Waals surface area contributed by atoms with Gasteiger partial charge in [0.25, 0.3) is 0 Å². The second kappa shape index (κ2) is 5.84. The number of thioether (sulfide) groups is 1. The molecule has 0 aromatic heterocycles. The minimum atomic E-state index is -0.764. The van der Waals surface area contributed by atoms with Crippen molar-refractivity contribution in [3.8, 4) is 5.75 Å². The van der Waals surface area contributed by atoms with E-state index in [0.717, 1.165) is 10.6 Å². The largest absolute Gasteiger partial charge is 0.497 e. The maximum atomic E-state index is 11.8. The van der Waals surface area contributed by atoms with Gasteiger partial charge >= 0.3 is 5.97 Å². The van der Waals surface area contributed by atoms with E-state index in [2.05, 4.69) is 0 Å². The van der Waals surface area contributed by atoms with E-state index in [0.29, 0.717) is 0 Å². The molecular weight excluding hydrogens is 264 g/mol. The zero-order valence-electron chi connectivity index (χ0n) is 11.2. The van der Waals surface area contributed by atoms with Gasteiger partial charge in [0.1, 0.15) is 23.2 Å². The SMILES string of the molecule is COc1ccc(S[C@H]2C(=O)O[C@@H](C(C)C)[C@H]2O)cc1. The Morgan fingerprint density at radius 1 is 1.32 bits per heavy atom. The van der Waals surface area contributed by atoms with Gasteiger partial charge in [-0.25, -0.2) is 0 Å². The number of hydrogen-bond acceptors (Lipinski definition) is 5. The van der Waals surface area contributed by atoms with Crippen molar-refractivity contribution in [1.82, 2.24) is 0 Å². The van der Waals surface area contributed by atoms with Crippen LogP contribution in [0.5, 0.6) is 5.75 Å². The van der Waals surface area contributed by atoms with Crippen molar-refractivity contribution in [3.05, 3.63) is 24.3 Å². The lowest BCUT2D eigenvalue weighted by atomic mass is 10.0. The molecule has 3 atom stereocenters. The van der Waals surface area contributed by atoms with Crippen LogP contribution in [-0.2, 0) is 9.53 Å². The van der Waals surface area contributed by atoms with E-state index in [9.17, 15) is 9.90 Å². The van der Waals surface area contributed by atoms with Crippen LogP contribution in [0.2, 0.25) is 0 Å². The average molecular weight is 282 g/mol. The summed E-state index contributed by atoms with van der Waals surface area (Å²) >= 11 is 1.33. The fraction of sp³-hybridized carbons (Fsp3) is 0.500. The smallest absolute Gasteiger partial charge is 0.322 e. The molecule has 1 fully saturated rings. The molecule has 5 heteroatoms. The number of esters is 1. The lowest BCUT2D eigenvalue weighted by Gasteiger charge is -2.18. The third kappa shape index (κ3) is 3.04. The van der Waals surface area contributed by atoms with Crippen LogP contribution in [0.25, 0.3) is 0 Å². The Hall–Kier alpha value is -1.20. The Labute approximate surface area is 117 Å². The van der Waals surface area contributed by atoms with Crippen molar-refractivity contribution in [2.24, 2.45) is 5.92 Å². The van der Waals surface area contributed by atoms with E-state index < -0.39 is 17.5 Å². The minimum absolute atomic E-state index is 0.111. The van der Waals surface area contributed by atoms with Gasteiger partial charge in [-0.1, -0.05) is 13.8 Å². The molecule has 0 radical (unpaired) electrons. The van der Waals surface area contributed by atoms with Gasteiger partial charge in [-0.2, -0.15) is 0 Å². The quantitative estimate of drug-likeness (QED) is 0.857. The van der Waals surface area contributed by atoms with Crippen LogP contribution >= 0.6 is 11.8 Å². The molecule has 0 amide bonds. The van der Waals surface area contributed by atoms with E-state index in [1.807, 2.05) is 38.1 Å². The van der Waals surface area contributed by atoms with E-state index >= 15 is 0 Å². The zero-order chi connectivity index (χ0) is 14.0. The molecule has 0 saturated carbocycles. The molecule has 2 rings (SSSR count). The number of aliphatic hydroxyl groups excluding tert-OH is 1. The molecule has 0 bridgehead atoms. The fourth-order valence-corrected chi connectivity index (χ4v) is 3.06. The van der Waals surface area contributed by atoms with Crippen molar-refractivity contribution in [2.45, 2.75) is 36.2 Å². The summed E-state index contributed by atoms with van der Waals surface area (Å²) in [7, 11) is 1.60. The molecule has 1 heterocycles. The molecule has 1 saturated heterocycles. The Morgan fingerprint density at radius 3 is 2.42 bits per heavy atom. The van der Waals surface area contributed by atoms with Crippen LogP contribution in [0.3, 0.4) is 0 Å². The van der Waals surface area contributed by atoms with E-state index in [1.165, 1.54) is 11.8 Å². The number of carbonyl (C=O) groups is 1. The van der Waals surface area contributed by atoms with Crippen LogP contribution in [0.4, 0.5) is 0 Å². The van der Waals surface area contributed by atoms with Gasteiger partial charge in [0, 0.05) is 4.90 Å². The number of benzene rings is 1. The van der Waals surface area contributed by atoms with Crippen molar-refractivity contribution in [3.63, 3.8) is 0 Å². The summed E-state index contributed by atoms with van der Waals surface area (Å²) in [5.41, 5.74) is 0. The van der Waals surface area contributed by atoms with Gasteiger partial charge in [0.2, 0.25) is 0 Å². The number of ether oxygens (including phenoxy) is 2. The summed E-state index contributed by atoms with van der Waals surface area (Å²) in [5, 5.41) is 9.61. The first-order valence-corrected chi connectivity index (χ1v) is 7.10. The molecule has 4 nitrogen and oxygen atoms in total.